The van der Waals surface area contributed by atoms with Crippen LogP contribution in [0.15, 0.2) is 22.8 Å². The number of hydrogen-bond donors (Lipinski definition) is 0. The Labute approximate surface area is 51.9 Å². The summed E-state index contributed by atoms with van der Waals surface area (Å²) in [6, 6.07) is 3.87. The van der Waals surface area contributed by atoms with Crippen LogP contribution in [0.1, 0.15) is 5.76 Å². The molecule has 0 fully saturated rings. The predicted molar refractivity (Wildman–Crippen MR) is 28.2 cm³/mol. The average Bonchev–Trinajstić information content (AvgIpc) is 2.14. The van der Waals surface area contributed by atoms with Crippen molar-refractivity contribution in [2.45, 2.75) is 5.09 Å². The van der Waals surface area contributed by atoms with Gasteiger partial charge in [-0.05, 0) is 0 Å². The van der Waals surface area contributed by atoms with Gasteiger partial charge in [0.25, 0.3) is 0 Å². The molecule has 32 valence electrons. The van der Waals surface area contributed by atoms with Crippen LogP contribution in [0.5, 0.6) is 0 Å². The second-order valence-electron chi connectivity index (χ2n) is 1.43. The van der Waals surface area contributed by atoms with E-state index >= 15 is 0 Å². The summed E-state index contributed by atoms with van der Waals surface area (Å²) in [6.07, 6.45) is 1.69. The van der Waals surface area contributed by atoms with E-state index in [4.69, 9.17) is 4.42 Å². The minimum atomic E-state index is 0.993. The van der Waals surface area contributed by atoms with Crippen molar-refractivity contribution in [2.24, 2.45) is 0 Å². The van der Waals surface area contributed by atoms with Gasteiger partial charge in [0.2, 0.25) is 0 Å². The molecule has 1 aromatic heterocycles. The van der Waals surface area contributed by atoms with Gasteiger partial charge in [-0.1, -0.05) is 0 Å². The predicted octanol–water partition coefficient (Wildman–Crippen LogP) is 0.948. The zero-order valence-corrected chi connectivity index (χ0v) is 4.35. The Morgan fingerprint density at radius 3 is 2.86 bits per heavy atom. The molecule has 0 saturated carbocycles. The Hall–Kier alpha value is -0.123. The molecular formula is C5H5LiO. The Morgan fingerprint density at radius 2 is 2.57 bits per heavy atom. The van der Waals surface area contributed by atoms with Crippen molar-refractivity contribution in [2.75, 3.05) is 0 Å². The van der Waals surface area contributed by atoms with Crippen molar-refractivity contribution in [3.63, 3.8) is 0 Å². The van der Waals surface area contributed by atoms with E-state index in [-0.39, 0.29) is 0 Å². The molecule has 7 heavy (non-hydrogen) atoms. The monoisotopic (exact) mass is 88.1 g/mol. The van der Waals surface area contributed by atoms with Crippen LogP contribution in [0, 0.1) is 0 Å². The molecule has 1 nitrogen and oxygen atoms in total. The molecule has 0 spiro atoms. The van der Waals surface area contributed by atoms with Gasteiger partial charge >= 0.3 is 51.4 Å². The fourth-order valence-corrected chi connectivity index (χ4v) is 0.514. The van der Waals surface area contributed by atoms with Crippen LogP contribution < -0.4 is 0 Å². The van der Waals surface area contributed by atoms with Crippen molar-refractivity contribution < 1.29 is 4.42 Å². The van der Waals surface area contributed by atoms with Crippen LogP contribution in [-0.2, 0) is 5.09 Å². The minimum absolute atomic E-state index is 0.993. The molecule has 0 aliphatic rings. The van der Waals surface area contributed by atoms with Gasteiger partial charge in [-0.3, -0.25) is 0 Å². The SMILES string of the molecule is [Li][CH2]c1ccco1. The Balaban J connectivity index is 2.76. The summed E-state index contributed by atoms with van der Waals surface area (Å²) in [5.74, 6) is 1.06. The normalized spacial score (nSPS) is 9.43. The van der Waals surface area contributed by atoms with Gasteiger partial charge in [0, 0.05) is 0 Å². The molecule has 2 heteroatoms. The topological polar surface area (TPSA) is 13.1 Å². The standard InChI is InChI=1S/C5H5O.Li/c1-5-3-2-4-6-5;/h2-4H,1H2;. The third kappa shape index (κ3) is 1.12. The van der Waals surface area contributed by atoms with Crippen LogP contribution in [0.3, 0.4) is 0 Å². The van der Waals surface area contributed by atoms with Gasteiger partial charge in [-0.15, -0.1) is 0 Å². The van der Waals surface area contributed by atoms with E-state index in [1.54, 1.807) is 6.26 Å². The molecule has 0 atom stereocenters. The van der Waals surface area contributed by atoms with E-state index in [1.165, 1.54) is 0 Å². The van der Waals surface area contributed by atoms with Crippen LogP contribution in [-0.4, -0.2) is 17.7 Å². The Bertz CT molecular complexity index is 123. The van der Waals surface area contributed by atoms with Gasteiger partial charge in [0.05, 0.1) is 0 Å². The molecule has 0 saturated heterocycles. The molecular weight excluding hydrogens is 83.0 g/mol. The fraction of sp³-hybridized carbons (Fsp3) is 0.200. The summed E-state index contributed by atoms with van der Waals surface area (Å²) in [4.78, 5) is 0. The van der Waals surface area contributed by atoms with Crippen LogP contribution >= 0.6 is 0 Å². The van der Waals surface area contributed by atoms with Crippen molar-refractivity contribution in [3.05, 3.63) is 24.2 Å². The van der Waals surface area contributed by atoms with E-state index in [0.717, 1.165) is 10.9 Å². The van der Waals surface area contributed by atoms with E-state index in [2.05, 4.69) is 17.7 Å². The molecule has 0 amide bonds. The summed E-state index contributed by atoms with van der Waals surface area (Å²) in [5, 5.41) is 0.993. The second-order valence-corrected chi connectivity index (χ2v) is 1.43. The van der Waals surface area contributed by atoms with Crippen LogP contribution in [0.2, 0.25) is 0 Å². The molecule has 0 radical (unpaired) electrons. The van der Waals surface area contributed by atoms with Crippen molar-refractivity contribution in [1.29, 1.82) is 0 Å². The first-order valence-electron chi connectivity index (χ1n) is 2.46. The summed E-state index contributed by atoms with van der Waals surface area (Å²) < 4.78 is 4.98. The van der Waals surface area contributed by atoms with E-state index < -0.39 is 0 Å². The van der Waals surface area contributed by atoms with E-state index in [9.17, 15) is 0 Å². The molecule has 1 rings (SSSR count). The Morgan fingerprint density at radius 1 is 1.71 bits per heavy atom. The van der Waals surface area contributed by atoms with Crippen molar-refractivity contribution in [3.8, 4) is 0 Å². The van der Waals surface area contributed by atoms with Gasteiger partial charge in [0.1, 0.15) is 0 Å². The molecule has 1 heterocycles. The molecule has 0 bridgehead atoms. The average molecular weight is 88.0 g/mol. The van der Waals surface area contributed by atoms with Gasteiger partial charge in [0.15, 0.2) is 0 Å². The molecule has 0 N–H and O–H groups in total. The quantitative estimate of drug-likeness (QED) is 0.466. The first-order valence-corrected chi connectivity index (χ1v) is 2.46. The van der Waals surface area contributed by atoms with Gasteiger partial charge < -0.3 is 0 Å². The van der Waals surface area contributed by atoms with Crippen molar-refractivity contribution in [1.82, 2.24) is 0 Å². The number of furan rings is 1. The van der Waals surface area contributed by atoms with Gasteiger partial charge in [-0.2, -0.15) is 0 Å². The second kappa shape index (κ2) is 2.25. The molecule has 0 aliphatic carbocycles. The van der Waals surface area contributed by atoms with Crippen LogP contribution in [0.4, 0.5) is 0 Å². The third-order valence-corrected chi connectivity index (χ3v) is 0.929. The fourth-order valence-electron chi connectivity index (χ4n) is 0.514. The van der Waals surface area contributed by atoms with Crippen LogP contribution in [0.25, 0.3) is 0 Å². The Kier molecular flexibility index (Phi) is 1.62. The maximum atomic E-state index is 4.98. The third-order valence-electron chi connectivity index (χ3n) is 0.929. The first kappa shape index (κ1) is 5.02. The van der Waals surface area contributed by atoms with E-state index in [0.29, 0.717) is 0 Å². The summed E-state index contributed by atoms with van der Waals surface area (Å²) in [7, 11) is 0. The zero-order chi connectivity index (χ0) is 5.11. The van der Waals surface area contributed by atoms with E-state index in [1.807, 2.05) is 12.1 Å². The maximum absolute atomic E-state index is 4.98. The zero-order valence-electron chi connectivity index (χ0n) is 4.35. The van der Waals surface area contributed by atoms with Gasteiger partial charge in [-0.25, -0.2) is 0 Å². The first-order chi connectivity index (χ1) is 3.43. The number of hydrogen-bond acceptors (Lipinski definition) is 1. The summed E-state index contributed by atoms with van der Waals surface area (Å²) >= 11 is 2.07. The summed E-state index contributed by atoms with van der Waals surface area (Å²) in [5.41, 5.74) is 0. The summed E-state index contributed by atoms with van der Waals surface area (Å²) in [6.45, 7) is 0. The molecule has 0 aromatic carbocycles. The molecule has 0 unspecified atom stereocenters. The molecule has 1 aromatic rings. The van der Waals surface area contributed by atoms with Crippen molar-refractivity contribution >= 4 is 17.7 Å². The molecule has 0 aliphatic heterocycles. The number of rotatable bonds is 1.